The number of primary sulfonamides is 1. The Kier molecular flexibility index (Phi) is 9.64. The molecule has 4 rings (SSSR count). The van der Waals surface area contributed by atoms with Crippen molar-refractivity contribution < 1.29 is 22.4 Å². The van der Waals surface area contributed by atoms with Crippen molar-refractivity contribution in [3.8, 4) is 11.1 Å². The number of anilines is 1. The molecule has 1 amide bonds. The van der Waals surface area contributed by atoms with E-state index >= 15 is 4.39 Å². The number of aryl methyl sites for hydroxylation is 2. The van der Waals surface area contributed by atoms with E-state index in [9.17, 15) is 18.0 Å². The van der Waals surface area contributed by atoms with Crippen LogP contribution in [0.25, 0.3) is 11.1 Å². The minimum Gasteiger partial charge on any atom is -0.321 e. The van der Waals surface area contributed by atoms with E-state index in [1.807, 2.05) is 13.8 Å². The van der Waals surface area contributed by atoms with E-state index in [0.717, 1.165) is 6.42 Å². The number of carbonyl (C=O) groups excluding carboxylic acids is 2. The van der Waals surface area contributed by atoms with Crippen molar-refractivity contribution in [3.05, 3.63) is 95.6 Å². The summed E-state index contributed by atoms with van der Waals surface area (Å²) in [5, 5.41) is 5.37. The van der Waals surface area contributed by atoms with E-state index in [1.165, 1.54) is 24.0 Å². The third-order valence-corrected chi connectivity index (χ3v) is 7.95. The van der Waals surface area contributed by atoms with Crippen molar-refractivity contribution in [2.24, 2.45) is 5.14 Å². The molecule has 2 heterocycles. The second-order valence-corrected chi connectivity index (χ2v) is 11.4. The molecule has 0 aliphatic heterocycles. The van der Waals surface area contributed by atoms with Crippen LogP contribution >= 0.6 is 0 Å². The van der Waals surface area contributed by atoms with Gasteiger partial charge in [-0.15, -0.1) is 0 Å². The predicted octanol–water partition coefficient (Wildman–Crippen LogP) is 4.92. The normalized spacial score (nSPS) is 11.5. The fourth-order valence-electron chi connectivity index (χ4n) is 4.98. The third-order valence-electron chi connectivity index (χ3n) is 6.98. The first-order valence-electron chi connectivity index (χ1n) is 13.7. The molecule has 220 valence electrons. The SMILES string of the molecule is CCCc1nc(CC)c(C(=O)CCN(C(C)=O)c2cccnc2)n1Cc1ccc(-c2ccccc2S(N)(=O)=O)cc1F. The summed E-state index contributed by atoms with van der Waals surface area (Å²) >= 11 is 0. The molecule has 0 bridgehead atoms. The number of nitrogens with two attached hydrogens (primary N) is 1. The van der Waals surface area contributed by atoms with Gasteiger partial charge in [-0.1, -0.05) is 44.2 Å². The Bertz CT molecular complexity index is 1700. The number of benzene rings is 2. The highest BCUT2D eigenvalue weighted by atomic mass is 32.2. The van der Waals surface area contributed by atoms with E-state index in [2.05, 4.69) is 4.98 Å². The Hall–Kier alpha value is -4.22. The van der Waals surface area contributed by atoms with Gasteiger partial charge in [-0.05, 0) is 42.7 Å². The van der Waals surface area contributed by atoms with Gasteiger partial charge in [0.2, 0.25) is 15.9 Å². The van der Waals surface area contributed by atoms with Crippen LogP contribution in [0.3, 0.4) is 0 Å². The van der Waals surface area contributed by atoms with Crippen molar-refractivity contribution in [2.45, 2.75) is 57.9 Å². The van der Waals surface area contributed by atoms with Crippen LogP contribution in [-0.4, -0.2) is 41.2 Å². The fraction of sp³-hybridized carbons (Fsp3) is 0.290. The zero-order valence-corrected chi connectivity index (χ0v) is 24.7. The Balaban J connectivity index is 1.67. The smallest absolute Gasteiger partial charge is 0.238 e. The molecule has 9 nitrogen and oxygen atoms in total. The van der Waals surface area contributed by atoms with Crippen LogP contribution in [0.2, 0.25) is 0 Å². The first kappa shape index (κ1) is 30.7. The molecule has 0 radical (unpaired) electrons. The maximum absolute atomic E-state index is 15.6. The third kappa shape index (κ3) is 6.80. The topological polar surface area (TPSA) is 128 Å². The van der Waals surface area contributed by atoms with E-state index in [4.69, 9.17) is 10.1 Å². The minimum atomic E-state index is -4.02. The molecular weight excluding hydrogens is 557 g/mol. The first-order valence-corrected chi connectivity index (χ1v) is 15.3. The fourth-order valence-corrected chi connectivity index (χ4v) is 5.74. The van der Waals surface area contributed by atoms with Gasteiger partial charge in [0.15, 0.2) is 5.78 Å². The maximum Gasteiger partial charge on any atom is 0.238 e. The summed E-state index contributed by atoms with van der Waals surface area (Å²) in [6, 6.07) is 14.1. The molecule has 2 aromatic carbocycles. The van der Waals surface area contributed by atoms with Crippen molar-refractivity contribution in [2.75, 3.05) is 11.4 Å². The summed E-state index contributed by atoms with van der Waals surface area (Å²) in [4.78, 5) is 36.3. The van der Waals surface area contributed by atoms with Crippen LogP contribution in [0, 0.1) is 5.82 Å². The van der Waals surface area contributed by atoms with Crippen LogP contribution in [0.5, 0.6) is 0 Å². The van der Waals surface area contributed by atoms with Crippen LogP contribution in [0.1, 0.15) is 61.2 Å². The van der Waals surface area contributed by atoms with Crippen LogP contribution in [-0.2, 0) is 34.2 Å². The summed E-state index contributed by atoms with van der Waals surface area (Å²) in [6.45, 7) is 5.57. The summed E-state index contributed by atoms with van der Waals surface area (Å²) in [5.74, 6) is -0.283. The monoisotopic (exact) mass is 591 g/mol. The Morgan fingerprint density at radius 3 is 2.45 bits per heavy atom. The zero-order chi connectivity index (χ0) is 30.4. The quantitative estimate of drug-likeness (QED) is 0.233. The lowest BCUT2D eigenvalue weighted by Gasteiger charge is -2.21. The lowest BCUT2D eigenvalue weighted by Crippen LogP contribution is -2.31. The van der Waals surface area contributed by atoms with Gasteiger partial charge in [-0.2, -0.15) is 0 Å². The molecule has 0 fully saturated rings. The van der Waals surface area contributed by atoms with Gasteiger partial charge < -0.3 is 9.47 Å². The number of sulfonamides is 1. The van der Waals surface area contributed by atoms with Gasteiger partial charge in [0, 0.05) is 43.6 Å². The number of rotatable bonds is 12. The molecule has 0 unspecified atom stereocenters. The maximum atomic E-state index is 15.6. The number of amides is 1. The van der Waals surface area contributed by atoms with Crippen molar-refractivity contribution >= 4 is 27.4 Å². The van der Waals surface area contributed by atoms with Gasteiger partial charge >= 0.3 is 0 Å². The summed E-state index contributed by atoms with van der Waals surface area (Å²) in [5.41, 5.74) is 2.61. The molecule has 11 heteroatoms. The van der Waals surface area contributed by atoms with Crippen LogP contribution in [0.15, 0.2) is 71.9 Å². The number of hydrogen-bond acceptors (Lipinski definition) is 6. The number of carbonyl (C=O) groups is 2. The number of nitrogens with zero attached hydrogens (tertiary/aromatic N) is 4. The van der Waals surface area contributed by atoms with Gasteiger partial charge in [0.1, 0.15) is 17.3 Å². The number of pyridine rings is 1. The average molecular weight is 592 g/mol. The molecule has 0 saturated carbocycles. The van der Waals surface area contributed by atoms with Crippen molar-refractivity contribution in [1.29, 1.82) is 0 Å². The summed E-state index contributed by atoms with van der Waals surface area (Å²) in [7, 11) is -4.02. The highest BCUT2D eigenvalue weighted by Gasteiger charge is 2.24. The van der Waals surface area contributed by atoms with Gasteiger partial charge in [0.05, 0.1) is 29.0 Å². The average Bonchev–Trinajstić information content (AvgIpc) is 3.31. The number of imidazole rings is 1. The number of aromatic nitrogens is 3. The molecular formula is C31H34FN5O4S. The number of ketones is 1. The molecule has 2 aromatic heterocycles. The highest BCUT2D eigenvalue weighted by molar-refractivity contribution is 7.89. The second-order valence-electron chi connectivity index (χ2n) is 9.92. The van der Waals surface area contributed by atoms with Crippen molar-refractivity contribution in [3.63, 3.8) is 0 Å². The molecule has 0 atom stereocenters. The van der Waals surface area contributed by atoms with E-state index in [0.29, 0.717) is 52.4 Å². The first-order chi connectivity index (χ1) is 20.0. The molecule has 0 saturated heterocycles. The van der Waals surface area contributed by atoms with E-state index < -0.39 is 15.8 Å². The largest absolute Gasteiger partial charge is 0.321 e. The molecule has 0 aliphatic carbocycles. The van der Waals surface area contributed by atoms with Crippen molar-refractivity contribution in [1.82, 2.24) is 14.5 Å². The Labute approximate surface area is 245 Å². The van der Waals surface area contributed by atoms with Crippen LogP contribution in [0.4, 0.5) is 10.1 Å². The standard InChI is InChI=1S/C31H34FN5O4S/c1-4-9-30-35-27(5-2)31(28(39)15-17-36(21(3)38)24-10-8-16-34-19-24)37(30)20-23-14-13-22(18-26(23)32)25-11-6-7-12-29(25)42(33,40)41/h6-8,10-14,16,18-19H,4-5,9,15,17,20H2,1-3H3,(H2,33,40,41). The Morgan fingerprint density at radius 2 is 1.83 bits per heavy atom. The second kappa shape index (κ2) is 13.2. The van der Waals surface area contributed by atoms with Gasteiger partial charge in [-0.3, -0.25) is 14.6 Å². The van der Waals surface area contributed by atoms with E-state index in [1.54, 1.807) is 59.4 Å². The zero-order valence-electron chi connectivity index (χ0n) is 23.9. The van der Waals surface area contributed by atoms with Gasteiger partial charge in [-0.25, -0.2) is 22.9 Å². The minimum absolute atomic E-state index is 0.0461. The predicted molar refractivity (Wildman–Crippen MR) is 159 cm³/mol. The molecule has 4 aromatic rings. The summed E-state index contributed by atoms with van der Waals surface area (Å²) in [6.07, 6.45) is 5.11. The lowest BCUT2D eigenvalue weighted by molar-refractivity contribution is -0.116. The molecule has 42 heavy (non-hydrogen) atoms. The Morgan fingerprint density at radius 1 is 1.07 bits per heavy atom. The molecule has 2 N–H and O–H groups in total. The van der Waals surface area contributed by atoms with Gasteiger partial charge in [0.25, 0.3) is 0 Å². The lowest BCUT2D eigenvalue weighted by atomic mass is 10.0. The highest BCUT2D eigenvalue weighted by Crippen LogP contribution is 2.29. The number of Topliss-reactive ketones (excluding diaryl/α,β-unsaturated/α-hetero) is 1. The number of hydrogen-bond donors (Lipinski definition) is 1. The molecule has 0 spiro atoms. The number of halogens is 1. The van der Waals surface area contributed by atoms with Crippen LogP contribution < -0.4 is 10.0 Å². The summed E-state index contributed by atoms with van der Waals surface area (Å²) < 4.78 is 41.5. The van der Waals surface area contributed by atoms with E-state index in [-0.39, 0.29) is 36.1 Å². The molecule has 0 aliphatic rings.